The summed E-state index contributed by atoms with van der Waals surface area (Å²) in [6.07, 6.45) is 0. The Kier molecular flexibility index (Phi) is 4.52. The van der Waals surface area contributed by atoms with E-state index in [2.05, 4.69) is 5.32 Å². The first-order valence-corrected chi connectivity index (χ1v) is 5.67. The molecule has 0 aliphatic rings. The molecule has 1 aromatic rings. The molecule has 94 valence electrons. The normalized spacial score (nSPS) is 12.5. The average molecular weight is 237 g/mol. The van der Waals surface area contributed by atoms with Gasteiger partial charge < -0.3 is 15.5 Å². The molecule has 0 bridgehead atoms. The van der Waals surface area contributed by atoms with E-state index in [1.54, 1.807) is 25.1 Å². The van der Waals surface area contributed by atoms with Gasteiger partial charge in [0.1, 0.15) is 0 Å². The van der Waals surface area contributed by atoms with Gasteiger partial charge in [0.05, 0.1) is 18.2 Å². The van der Waals surface area contributed by atoms with Crippen LogP contribution in [0.2, 0.25) is 0 Å². The molecule has 1 rings (SSSR count). The van der Waals surface area contributed by atoms with Crippen molar-refractivity contribution in [1.82, 2.24) is 0 Å². The summed E-state index contributed by atoms with van der Waals surface area (Å²) < 4.78 is 0. The van der Waals surface area contributed by atoms with Gasteiger partial charge in [-0.15, -0.1) is 0 Å². The fraction of sp³-hybridized carbons (Fsp3) is 0.462. The third-order valence-corrected chi connectivity index (χ3v) is 2.81. The van der Waals surface area contributed by atoms with Crippen molar-refractivity contribution >= 4 is 11.7 Å². The summed E-state index contributed by atoms with van der Waals surface area (Å²) >= 11 is 0. The molecule has 4 nitrogen and oxygen atoms in total. The molecule has 0 saturated carbocycles. The van der Waals surface area contributed by atoms with Crippen LogP contribution in [0.3, 0.4) is 0 Å². The van der Waals surface area contributed by atoms with Gasteiger partial charge in [-0.3, -0.25) is 0 Å². The van der Waals surface area contributed by atoms with Crippen LogP contribution in [0.25, 0.3) is 0 Å². The van der Waals surface area contributed by atoms with E-state index in [0.717, 1.165) is 5.69 Å². The van der Waals surface area contributed by atoms with Crippen molar-refractivity contribution in [3.8, 4) is 0 Å². The maximum Gasteiger partial charge on any atom is 0.335 e. The Morgan fingerprint density at radius 1 is 1.41 bits per heavy atom. The van der Waals surface area contributed by atoms with Crippen LogP contribution in [0.15, 0.2) is 18.2 Å². The van der Waals surface area contributed by atoms with Crippen LogP contribution < -0.4 is 5.32 Å². The van der Waals surface area contributed by atoms with E-state index in [4.69, 9.17) is 5.11 Å². The van der Waals surface area contributed by atoms with E-state index in [1.165, 1.54) is 0 Å². The molecule has 0 heterocycles. The van der Waals surface area contributed by atoms with Gasteiger partial charge in [-0.25, -0.2) is 4.79 Å². The lowest BCUT2D eigenvalue weighted by molar-refractivity contribution is 0.0696. The van der Waals surface area contributed by atoms with Crippen LogP contribution in [0.1, 0.15) is 29.8 Å². The van der Waals surface area contributed by atoms with Crippen LogP contribution in [0, 0.1) is 12.8 Å². The highest BCUT2D eigenvalue weighted by Gasteiger charge is 2.13. The Hall–Kier alpha value is -1.55. The monoisotopic (exact) mass is 237 g/mol. The summed E-state index contributed by atoms with van der Waals surface area (Å²) in [5.74, 6) is -0.615. The average Bonchev–Trinajstić information content (AvgIpc) is 2.24. The highest BCUT2D eigenvalue weighted by Crippen LogP contribution is 2.17. The number of hydrogen-bond acceptors (Lipinski definition) is 3. The molecule has 0 saturated heterocycles. The Morgan fingerprint density at radius 3 is 2.47 bits per heavy atom. The third kappa shape index (κ3) is 3.46. The molecule has 0 aliphatic heterocycles. The summed E-state index contributed by atoms with van der Waals surface area (Å²) in [5.41, 5.74) is 1.85. The van der Waals surface area contributed by atoms with Crippen molar-refractivity contribution in [3.63, 3.8) is 0 Å². The topological polar surface area (TPSA) is 69.6 Å². The lowest BCUT2D eigenvalue weighted by atomic mass is 10.0. The summed E-state index contributed by atoms with van der Waals surface area (Å²) in [7, 11) is 0. The minimum absolute atomic E-state index is 0.0231. The molecular formula is C13H19NO3. The quantitative estimate of drug-likeness (QED) is 0.733. The van der Waals surface area contributed by atoms with E-state index in [0.29, 0.717) is 17.0 Å². The first-order valence-electron chi connectivity index (χ1n) is 5.67. The second-order valence-corrected chi connectivity index (χ2v) is 4.51. The smallest absolute Gasteiger partial charge is 0.335 e. The number of carboxylic acid groups (broad SMARTS) is 1. The molecule has 3 N–H and O–H groups in total. The van der Waals surface area contributed by atoms with Crippen molar-refractivity contribution in [1.29, 1.82) is 0 Å². The number of nitrogens with one attached hydrogen (secondary N) is 1. The molecule has 1 unspecified atom stereocenters. The fourth-order valence-corrected chi connectivity index (χ4v) is 1.63. The van der Waals surface area contributed by atoms with Gasteiger partial charge in [-0.05, 0) is 36.6 Å². The maximum absolute atomic E-state index is 10.9. The van der Waals surface area contributed by atoms with Crippen LogP contribution in [-0.2, 0) is 0 Å². The number of hydrogen-bond donors (Lipinski definition) is 3. The minimum atomic E-state index is -0.920. The molecule has 4 heteroatoms. The van der Waals surface area contributed by atoms with Gasteiger partial charge in [-0.2, -0.15) is 0 Å². The fourth-order valence-electron chi connectivity index (χ4n) is 1.63. The second-order valence-electron chi connectivity index (χ2n) is 4.51. The number of carboxylic acids is 1. The van der Waals surface area contributed by atoms with Crippen LogP contribution >= 0.6 is 0 Å². The summed E-state index contributed by atoms with van der Waals surface area (Å²) in [6.45, 7) is 5.86. The Bertz CT molecular complexity index is 402. The summed E-state index contributed by atoms with van der Waals surface area (Å²) in [4.78, 5) is 10.9. The van der Waals surface area contributed by atoms with Crippen molar-refractivity contribution in [2.75, 3.05) is 11.9 Å². The number of carbonyl (C=O) groups is 1. The largest absolute Gasteiger partial charge is 0.478 e. The predicted octanol–water partition coefficient (Wildman–Crippen LogP) is 2.12. The number of rotatable bonds is 5. The number of aliphatic hydroxyl groups excluding tert-OH is 1. The minimum Gasteiger partial charge on any atom is -0.478 e. The molecule has 1 aromatic carbocycles. The van der Waals surface area contributed by atoms with Crippen LogP contribution in [0.4, 0.5) is 5.69 Å². The SMILES string of the molecule is Cc1cc(NC(CO)C(C)C)ccc1C(=O)O. The number of aromatic carboxylic acids is 1. The number of anilines is 1. The van der Waals surface area contributed by atoms with E-state index in [1.807, 2.05) is 13.8 Å². The van der Waals surface area contributed by atoms with Crippen molar-refractivity contribution in [2.45, 2.75) is 26.8 Å². The molecular weight excluding hydrogens is 218 g/mol. The van der Waals surface area contributed by atoms with Crippen molar-refractivity contribution < 1.29 is 15.0 Å². The molecule has 0 radical (unpaired) electrons. The molecule has 0 amide bonds. The van der Waals surface area contributed by atoms with Gasteiger partial charge >= 0.3 is 5.97 Å². The zero-order valence-corrected chi connectivity index (χ0v) is 10.4. The Labute approximate surface area is 101 Å². The highest BCUT2D eigenvalue weighted by atomic mass is 16.4. The zero-order chi connectivity index (χ0) is 13.0. The highest BCUT2D eigenvalue weighted by molar-refractivity contribution is 5.89. The number of benzene rings is 1. The molecule has 0 aromatic heterocycles. The first kappa shape index (κ1) is 13.5. The Morgan fingerprint density at radius 2 is 2.06 bits per heavy atom. The molecule has 0 spiro atoms. The number of aliphatic hydroxyl groups is 1. The maximum atomic E-state index is 10.9. The molecule has 0 fully saturated rings. The van der Waals surface area contributed by atoms with Gasteiger partial charge in [0.25, 0.3) is 0 Å². The second kappa shape index (κ2) is 5.68. The van der Waals surface area contributed by atoms with Crippen LogP contribution in [0.5, 0.6) is 0 Å². The van der Waals surface area contributed by atoms with Crippen molar-refractivity contribution in [2.24, 2.45) is 5.92 Å². The standard InChI is InChI=1S/C13H19NO3/c1-8(2)12(7-15)14-10-4-5-11(13(16)17)9(3)6-10/h4-6,8,12,14-15H,7H2,1-3H3,(H,16,17). The van der Waals surface area contributed by atoms with Gasteiger partial charge in [0.2, 0.25) is 0 Å². The van der Waals surface area contributed by atoms with E-state index in [9.17, 15) is 9.90 Å². The van der Waals surface area contributed by atoms with E-state index in [-0.39, 0.29) is 12.6 Å². The lowest BCUT2D eigenvalue weighted by Crippen LogP contribution is -2.29. The van der Waals surface area contributed by atoms with E-state index >= 15 is 0 Å². The van der Waals surface area contributed by atoms with Crippen molar-refractivity contribution in [3.05, 3.63) is 29.3 Å². The van der Waals surface area contributed by atoms with Gasteiger partial charge in [-0.1, -0.05) is 13.8 Å². The van der Waals surface area contributed by atoms with Gasteiger partial charge in [0, 0.05) is 5.69 Å². The predicted molar refractivity (Wildman–Crippen MR) is 67.5 cm³/mol. The molecule has 1 atom stereocenters. The first-order chi connectivity index (χ1) is 7.95. The molecule has 17 heavy (non-hydrogen) atoms. The lowest BCUT2D eigenvalue weighted by Gasteiger charge is -2.21. The zero-order valence-electron chi connectivity index (χ0n) is 10.4. The summed E-state index contributed by atoms with van der Waals surface area (Å²) in [5, 5.41) is 21.3. The number of aryl methyl sites for hydroxylation is 1. The summed E-state index contributed by atoms with van der Waals surface area (Å²) in [6, 6.07) is 5.06. The van der Waals surface area contributed by atoms with Crippen LogP contribution in [-0.4, -0.2) is 28.8 Å². The van der Waals surface area contributed by atoms with Gasteiger partial charge in [0.15, 0.2) is 0 Å². The van der Waals surface area contributed by atoms with E-state index < -0.39 is 5.97 Å². The third-order valence-electron chi connectivity index (χ3n) is 2.81. The molecule has 0 aliphatic carbocycles. The Balaban J connectivity index is 2.87.